The second kappa shape index (κ2) is 10.7. The topological polar surface area (TPSA) is 114 Å². The second-order valence-corrected chi connectivity index (χ2v) is 7.43. The molecule has 3 aromatic carbocycles. The largest absolute Gasteiger partial charge is 0.369 e. The molecule has 0 radical (unpaired) electrons. The molecule has 0 bridgehead atoms. The number of hydrogen-bond donors (Lipinski definition) is 1. The average Bonchev–Trinajstić information content (AvgIpc) is 2.79. The standard InChI is InChI=1S/C21H19Cl2N5O4/c22-9-11-26(12-10-23)20-8-5-15-3-1-2-4-17(15)18(20)14-24-25-19-7-6-16(27(29)30)13-21(19)28(31)32/h1-8,13-14,25H,9-12H2. The van der Waals surface area contributed by atoms with E-state index in [1.54, 1.807) is 6.21 Å². The van der Waals surface area contributed by atoms with E-state index in [-0.39, 0.29) is 11.4 Å². The summed E-state index contributed by atoms with van der Waals surface area (Å²) in [6, 6.07) is 15.0. The predicted octanol–water partition coefficient (Wildman–Crippen LogP) is 5.39. The Balaban J connectivity index is 2.02. The number of nitro groups is 2. The van der Waals surface area contributed by atoms with E-state index >= 15 is 0 Å². The number of nitro benzene ring substituents is 2. The Bertz CT molecular complexity index is 1170. The number of hydrogen-bond acceptors (Lipinski definition) is 7. The minimum atomic E-state index is -0.698. The fourth-order valence-electron chi connectivity index (χ4n) is 3.30. The number of nitrogens with zero attached hydrogens (tertiary/aromatic N) is 4. The molecule has 0 amide bonds. The first-order valence-corrected chi connectivity index (χ1v) is 10.6. The first-order chi connectivity index (χ1) is 15.5. The van der Waals surface area contributed by atoms with Crippen LogP contribution in [-0.4, -0.2) is 40.9 Å². The molecule has 3 rings (SSSR count). The molecule has 0 aliphatic carbocycles. The highest BCUT2D eigenvalue weighted by atomic mass is 35.5. The lowest BCUT2D eigenvalue weighted by molar-refractivity contribution is -0.393. The molecule has 0 atom stereocenters. The normalized spacial score (nSPS) is 11.1. The maximum absolute atomic E-state index is 11.4. The number of anilines is 2. The van der Waals surface area contributed by atoms with E-state index in [4.69, 9.17) is 23.2 Å². The Hall–Kier alpha value is -3.43. The van der Waals surface area contributed by atoms with Crippen molar-refractivity contribution in [2.45, 2.75) is 0 Å². The summed E-state index contributed by atoms with van der Waals surface area (Å²) in [7, 11) is 0. The summed E-state index contributed by atoms with van der Waals surface area (Å²) in [5, 5.41) is 28.4. The van der Waals surface area contributed by atoms with E-state index < -0.39 is 15.5 Å². The van der Waals surface area contributed by atoms with Gasteiger partial charge in [-0.1, -0.05) is 30.3 Å². The minimum absolute atomic E-state index is 0.0389. The summed E-state index contributed by atoms with van der Waals surface area (Å²) in [4.78, 5) is 22.9. The fourth-order valence-corrected chi connectivity index (χ4v) is 3.71. The molecule has 0 fully saturated rings. The van der Waals surface area contributed by atoms with Gasteiger partial charge >= 0.3 is 5.69 Å². The number of non-ortho nitro benzene ring substituents is 1. The summed E-state index contributed by atoms with van der Waals surface area (Å²) in [6.07, 6.45) is 1.57. The van der Waals surface area contributed by atoms with Crippen molar-refractivity contribution in [3.8, 4) is 0 Å². The zero-order valence-electron chi connectivity index (χ0n) is 16.8. The van der Waals surface area contributed by atoms with Crippen LogP contribution >= 0.6 is 23.2 Å². The quantitative estimate of drug-likeness (QED) is 0.182. The van der Waals surface area contributed by atoms with Crippen LogP contribution in [-0.2, 0) is 0 Å². The molecule has 166 valence electrons. The van der Waals surface area contributed by atoms with Crippen molar-refractivity contribution in [1.29, 1.82) is 0 Å². The van der Waals surface area contributed by atoms with E-state index in [0.29, 0.717) is 24.8 Å². The highest BCUT2D eigenvalue weighted by Crippen LogP contribution is 2.30. The smallest absolute Gasteiger partial charge is 0.301 e. The lowest BCUT2D eigenvalue weighted by Crippen LogP contribution is -2.28. The summed E-state index contributed by atoms with van der Waals surface area (Å²) in [5.41, 5.74) is 3.52. The maximum atomic E-state index is 11.4. The van der Waals surface area contributed by atoms with Gasteiger partial charge in [0.15, 0.2) is 0 Å². The average molecular weight is 476 g/mol. The third-order valence-corrected chi connectivity index (χ3v) is 5.10. The van der Waals surface area contributed by atoms with Gasteiger partial charge in [-0.2, -0.15) is 5.10 Å². The summed E-state index contributed by atoms with van der Waals surface area (Å²) in [5.74, 6) is 0.821. The highest BCUT2D eigenvalue weighted by molar-refractivity contribution is 6.19. The molecule has 0 aliphatic heterocycles. The number of hydrazone groups is 1. The van der Waals surface area contributed by atoms with Crippen LogP contribution in [0.5, 0.6) is 0 Å². The number of benzene rings is 3. The molecular weight excluding hydrogens is 457 g/mol. The molecule has 9 nitrogen and oxygen atoms in total. The highest BCUT2D eigenvalue weighted by Gasteiger charge is 2.19. The van der Waals surface area contributed by atoms with Crippen LogP contribution in [0.4, 0.5) is 22.7 Å². The molecule has 0 saturated heterocycles. The van der Waals surface area contributed by atoms with E-state index in [1.165, 1.54) is 12.1 Å². The van der Waals surface area contributed by atoms with Crippen molar-refractivity contribution < 1.29 is 9.85 Å². The lowest BCUT2D eigenvalue weighted by Gasteiger charge is -2.25. The molecule has 0 unspecified atom stereocenters. The molecule has 32 heavy (non-hydrogen) atoms. The van der Waals surface area contributed by atoms with Crippen molar-refractivity contribution in [2.24, 2.45) is 5.10 Å². The number of halogens is 2. The molecule has 1 N–H and O–H groups in total. The van der Waals surface area contributed by atoms with Crippen LogP contribution in [0.2, 0.25) is 0 Å². The van der Waals surface area contributed by atoms with E-state index in [1.807, 2.05) is 41.3 Å². The fraction of sp³-hybridized carbons (Fsp3) is 0.190. The van der Waals surface area contributed by atoms with E-state index in [2.05, 4.69) is 10.5 Å². The van der Waals surface area contributed by atoms with Crippen LogP contribution in [0.25, 0.3) is 10.8 Å². The first kappa shape index (κ1) is 23.2. The Kier molecular flexibility index (Phi) is 7.80. The lowest BCUT2D eigenvalue weighted by atomic mass is 10.0. The molecule has 0 aliphatic rings. The summed E-state index contributed by atoms with van der Waals surface area (Å²) >= 11 is 12.0. The molecule has 0 spiro atoms. The van der Waals surface area contributed by atoms with Gasteiger partial charge in [-0.25, -0.2) is 0 Å². The number of nitrogens with one attached hydrogen (secondary N) is 1. The van der Waals surface area contributed by atoms with Gasteiger partial charge < -0.3 is 4.90 Å². The first-order valence-electron chi connectivity index (χ1n) is 9.56. The third kappa shape index (κ3) is 5.24. The van der Waals surface area contributed by atoms with Crippen LogP contribution in [0.15, 0.2) is 59.7 Å². The van der Waals surface area contributed by atoms with Crippen LogP contribution < -0.4 is 10.3 Å². The van der Waals surface area contributed by atoms with Crippen LogP contribution in [0, 0.1) is 20.2 Å². The zero-order chi connectivity index (χ0) is 23.1. The Morgan fingerprint density at radius 3 is 2.34 bits per heavy atom. The third-order valence-electron chi connectivity index (χ3n) is 4.76. The number of alkyl halides is 2. The van der Waals surface area contributed by atoms with Gasteiger partial charge in [-0.3, -0.25) is 25.7 Å². The van der Waals surface area contributed by atoms with Crippen molar-refractivity contribution in [3.05, 3.63) is 80.4 Å². The van der Waals surface area contributed by atoms with Gasteiger partial charge in [0.1, 0.15) is 5.69 Å². The zero-order valence-corrected chi connectivity index (χ0v) is 18.3. The Labute approximate surface area is 193 Å². The monoisotopic (exact) mass is 475 g/mol. The molecule has 11 heteroatoms. The Morgan fingerprint density at radius 1 is 0.969 bits per heavy atom. The van der Waals surface area contributed by atoms with Gasteiger partial charge in [0.25, 0.3) is 5.69 Å². The van der Waals surface area contributed by atoms with Gasteiger partial charge in [-0.15, -0.1) is 23.2 Å². The van der Waals surface area contributed by atoms with Crippen molar-refractivity contribution in [2.75, 3.05) is 35.2 Å². The molecule has 3 aromatic rings. The van der Waals surface area contributed by atoms with Crippen molar-refractivity contribution in [3.63, 3.8) is 0 Å². The SMILES string of the molecule is O=[N+]([O-])c1ccc(NN=Cc2c(N(CCCl)CCCl)ccc3ccccc23)c([N+](=O)[O-])c1. The van der Waals surface area contributed by atoms with Crippen LogP contribution in [0.1, 0.15) is 5.56 Å². The number of rotatable bonds is 10. The van der Waals surface area contributed by atoms with Gasteiger partial charge in [0.2, 0.25) is 0 Å². The van der Waals surface area contributed by atoms with Crippen molar-refractivity contribution in [1.82, 2.24) is 0 Å². The van der Waals surface area contributed by atoms with Gasteiger partial charge in [-0.05, 0) is 22.9 Å². The summed E-state index contributed by atoms with van der Waals surface area (Å²) in [6.45, 7) is 1.16. The molecular formula is C21H19Cl2N5O4. The van der Waals surface area contributed by atoms with Crippen LogP contribution in [0.3, 0.4) is 0 Å². The molecule has 0 aromatic heterocycles. The predicted molar refractivity (Wildman–Crippen MR) is 129 cm³/mol. The Morgan fingerprint density at radius 2 is 1.69 bits per heavy atom. The molecule has 0 heterocycles. The maximum Gasteiger partial charge on any atom is 0.301 e. The molecule has 0 saturated carbocycles. The van der Waals surface area contributed by atoms with Gasteiger partial charge in [0, 0.05) is 42.2 Å². The van der Waals surface area contributed by atoms with E-state index in [0.717, 1.165) is 28.1 Å². The second-order valence-electron chi connectivity index (χ2n) is 6.67. The summed E-state index contributed by atoms with van der Waals surface area (Å²) < 4.78 is 0. The van der Waals surface area contributed by atoms with Crippen molar-refractivity contribution >= 4 is 62.9 Å². The van der Waals surface area contributed by atoms with Gasteiger partial charge in [0.05, 0.1) is 22.1 Å². The minimum Gasteiger partial charge on any atom is -0.369 e. The van der Waals surface area contributed by atoms with E-state index in [9.17, 15) is 20.2 Å². The number of fused-ring (bicyclic) bond motifs is 1.